The van der Waals surface area contributed by atoms with Gasteiger partial charge in [0, 0.05) is 24.2 Å². The van der Waals surface area contributed by atoms with Gasteiger partial charge in [-0.05, 0) is 43.4 Å². The molecule has 1 amide bonds. The molecule has 2 rings (SSSR count). The summed E-state index contributed by atoms with van der Waals surface area (Å²) in [6, 6.07) is 7.88. The van der Waals surface area contributed by atoms with E-state index in [0.717, 1.165) is 30.5 Å². The third-order valence-electron chi connectivity index (χ3n) is 3.89. The summed E-state index contributed by atoms with van der Waals surface area (Å²) in [6.07, 6.45) is 3.78. The normalized spacial score (nSPS) is 24.2. The van der Waals surface area contributed by atoms with Crippen LogP contribution in [0.1, 0.15) is 44.2 Å². The lowest BCUT2D eigenvalue weighted by Crippen LogP contribution is -2.28. The molecular formula is C15H23N3O. The number of rotatable bonds is 4. The van der Waals surface area contributed by atoms with E-state index in [1.807, 2.05) is 31.2 Å². The minimum absolute atomic E-state index is 0.0150. The molecule has 0 radical (unpaired) electrons. The third-order valence-corrected chi connectivity index (χ3v) is 3.89. The molecule has 5 N–H and O–H groups in total. The van der Waals surface area contributed by atoms with E-state index < -0.39 is 0 Å². The van der Waals surface area contributed by atoms with Crippen molar-refractivity contribution in [2.24, 2.45) is 17.4 Å². The van der Waals surface area contributed by atoms with Crippen LogP contribution in [-0.4, -0.2) is 11.9 Å². The molecule has 104 valence electrons. The van der Waals surface area contributed by atoms with Crippen molar-refractivity contribution in [1.29, 1.82) is 0 Å². The molecular weight excluding hydrogens is 238 g/mol. The summed E-state index contributed by atoms with van der Waals surface area (Å²) >= 11 is 0. The molecule has 1 fully saturated rings. The molecule has 0 spiro atoms. The second-order valence-corrected chi connectivity index (χ2v) is 5.52. The molecule has 1 aromatic rings. The number of amides is 1. The average molecular weight is 261 g/mol. The quantitative estimate of drug-likeness (QED) is 0.777. The summed E-state index contributed by atoms with van der Waals surface area (Å²) in [5, 5.41) is 2.92. The van der Waals surface area contributed by atoms with Gasteiger partial charge in [-0.25, -0.2) is 0 Å². The van der Waals surface area contributed by atoms with Gasteiger partial charge in [0.1, 0.15) is 0 Å². The van der Waals surface area contributed by atoms with Crippen LogP contribution in [0, 0.1) is 5.92 Å². The maximum atomic E-state index is 11.9. The molecule has 0 bridgehead atoms. The number of hydrogen-bond donors (Lipinski definition) is 3. The zero-order chi connectivity index (χ0) is 13.8. The van der Waals surface area contributed by atoms with Crippen molar-refractivity contribution < 1.29 is 4.79 Å². The van der Waals surface area contributed by atoms with Gasteiger partial charge in [-0.2, -0.15) is 0 Å². The largest absolute Gasteiger partial charge is 0.327 e. The number of hydrogen-bond acceptors (Lipinski definition) is 3. The topological polar surface area (TPSA) is 81.1 Å². The zero-order valence-corrected chi connectivity index (χ0v) is 11.4. The molecule has 1 aliphatic carbocycles. The van der Waals surface area contributed by atoms with Gasteiger partial charge in [0.15, 0.2) is 0 Å². The minimum atomic E-state index is 0.0150. The Hall–Kier alpha value is -1.39. The fraction of sp³-hybridized carbons (Fsp3) is 0.533. The van der Waals surface area contributed by atoms with Gasteiger partial charge in [-0.1, -0.05) is 18.6 Å². The second kappa shape index (κ2) is 6.17. The predicted molar refractivity (Wildman–Crippen MR) is 77.6 cm³/mol. The van der Waals surface area contributed by atoms with Gasteiger partial charge in [0.05, 0.1) is 0 Å². The summed E-state index contributed by atoms with van der Waals surface area (Å²) < 4.78 is 0. The molecule has 3 atom stereocenters. The Kier molecular flexibility index (Phi) is 4.56. The molecule has 0 aromatic heterocycles. The fourth-order valence-electron chi connectivity index (χ4n) is 2.64. The lowest BCUT2D eigenvalue weighted by Gasteiger charge is -2.15. The number of carbonyl (C=O) groups is 1. The average Bonchev–Trinajstić information content (AvgIpc) is 2.75. The maximum absolute atomic E-state index is 11.9. The molecule has 0 saturated heterocycles. The van der Waals surface area contributed by atoms with Crippen molar-refractivity contribution in [3.63, 3.8) is 0 Å². The monoisotopic (exact) mass is 261 g/mol. The van der Waals surface area contributed by atoms with E-state index in [2.05, 4.69) is 5.32 Å². The molecule has 19 heavy (non-hydrogen) atoms. The van der Waals surface area contributed by atoms with Crippen molar-refractivity contribution >= 4 is 11.6 Å². The van der Waals surface area contributed by atoms with Crippen molar-refractivity contribution in [2.45, 2.75) is 44.7 Å². The van der Waals surface area contributed by atoms with E-state index in [0.29, 0.717) is 12.3 Å². The van der Waals surface area contributed by atoms with E-state index in [-0.39, 0.29) is 18.0 Å². The van der Waals surface area contributed by atoms with Crippen molar-refractivity contribution in [1.82, 2.24) is 0 Å². The highest BCUT2D eigenvalue weighted by Crippen LogP contribution is 2.27. The maximum Gasteiger partial charge on any atom is 0.224 e. The molecule has 1 unspecified atom stereocenters. The first-order valence-corrected chi connectivity index (χ1v) is 6.97. The van der Waals surface area contributed by atoms with Crippen LogP contribution in [0.15, 0.2) is 24.3 Å². The minimum Gasteiger partial charge on any atom is -0.327 e. The highest BCUT2D eigenvalue weighted by atomic mass is 16.1. The number of carbonyl (C=O) groups excluding carboxylic acids is 1. The van der Waals surface area contributed by atoms with E-state index >= 15 is 0 Å². The number of nitrogens with two attached hydrogens (primary N) is 2. The molecule has 4 heteroatoms. The molecule has 1 saturated carbocycles. The third kappa shape index (κ3) is 3.78. The standard InChI is InChI=1S/C15H23N3O/c1-10(16)11-5-7-13(8-6-11)18-15(19)9-12-3-2-4-14(12)17/h5-8,10,12,14H,2-4,9,16-17H2,1H3,(H,18,19)/t10?,12-,14+/m0/s1. The summed E-state index contributed by atoms with van der Waals surface area (Å²) in [5.41, 5.74) is 13.7. The highest BCUT2D eigenvalue weighted by Gasteiger charge is 2.25. The Morgan fingerprint density at radius 1 is 1.37 bits per heavy atom. The predicted octanol–water partition coefficient (Wildman–Crippen LogP) is 2.16. The van der Waals surface area contributed by atoms with Crippen LogP contribution in [0.2, 0.25) is 0 Å². The van der Waals surface area contributed by atoms with Crippen LogP contribution in [0.25, 0.3) is 0 Å². The Balaban J connectivity index is 1.88. The summed E-state index contributed by atoms with van der Waals surface area (Å²) in [5.74, 6) is 0.388. The van der Waals surface area contributed by atoms with Crippen molar-refractivity contribution in [3.8, 4) is 0 Å². The van der Waals surface area contributed by atoms with Gasteiger partial charge in [-0.3, -0.25) is 4.79 Å². The first-order chi connectivity index (χ1) is 9.06. The van der Waals surface area contributed by atoms with Crippen LogP contribution in [-0.2, 0) is 4.79 Å². The van der Waals surface area contributed by atoms with Crippen LogP contribution in [0.3, 0.4) is 0 Å². The van der Waals surface area contributed by atoms with Crippen LogP contribution in [0.4, 0.5) is 5.69 Å². The van der Waals surface area contributed by atoms with Gasteiger partial charge in [-0.15, -0.1) is 0 Å². The van der Waals surface area contributed by atoms with E-state index in [9.17, 15) is 4.79 Å². The lowest BCUT2D eigenvalue weighted by molar-refractivity contribution is -0.117. The SMILES string of the molecule is CC(N)c1ccc(NC(=O)C[C@@H]2CCC[C@H]2N)cc1. The Bertz CT molecular complexity index is 428. The van der Waals surface area contributed by atoms with Crippen LogP contribution < -0.4 is 16.8 Å². The lowest BCUT2D eigenvalue weighted by atomic mass is 10.00. The van der Waals surface area contributed by atoms with Crippen molar-refractivity contribution in [2.75, 3.05) is 5.32 Å². The first kappa shape index (κ1) is 14.0. The highest BCUT2D eigenvalue weighted by molar-refractivity contribution is 5.90. The summed E-state index contributed by atoms with van der Waals surface area (Å²) in [7, 11) is 0. The molecule has 0 heterocycles. The Morgan fingerprint density at radius 3 is 2.58 bits per heavy atom. The van der Waals surface area contributed by atoms with Crippen molar-refractivity contribution in [3.05, 3.63) is 29.8 Å². The van der Waals surface area contributed by atoms with E-state index in [1.54, 1.807) is 0 Å². The smallest absolute Gasteiger partial charge is 0.224 e. The summed E-state index contributed by atoms with van der Waals surface area (Å²) in [4.78, 5) is 11.9. The van der Waals surface area contributed by atoms with Gasteiger partial charge in [0.25, 0.3) is 0 Å². The number of anilines is 1. The Labute approximate surface area is 114 Å². The van der Waals surface area contributed by atoms with Crippen LogP contribution >= 0.6 is 0 Å². The van der Waals surface area contributed by atoms with Gasteiger partial charge >= 0.3 is 0 Å². The molecule has 0 aliphatic heterocycles. The number of nitrogens with one attached hydrogen (secondary N) is 1. The molecule has 1 aromatic carbocycles. The van der Waals surface area contributed by atoms with E-state index in [4.69, 9.17) is 11.5 Å². The number of benzene rings is 1. The molecule has 4 nitrogen and oxygen atoms in total. The van der Waals surface area contributed by atoms with E-state index in [1.165, 1.54) is 0 Å². The fourth-order valence-corrected chi connectivity index (χ4v) is 2.64. The summed E-state index contributed by atoms with van der Waals surface area (Å²) in [6.45, 7) is 1.94. The van der Waals surface area contributed by atoms with Gasteiger partial charge in [0.2, 0.25) is 5.91 Å². The van der Waals surface area contributed by atoms with Crippen LogP contribution in [0.5, 0.6) is 0 Å². The molecule has 1 aliphatic rings. The van der Waals surface area contributed by atoms with Gasteiger partial charge < -0.3 is 16.8 Å². The first-order valence-electron chi connectivity index (χ1n) is 6.97. The zero-order valence-electron chi connectivity index (χ0n) is 11.4. The Morgan fingerprint density at radius 2 is 2.05 bits per heavy atom. The second-order valence-electron chi connectivity index (χ2n) is 5.52.